The molecule has 0 saturated carbocycles. The van der Waals surface area contributed by atoms with Crippen molar-refractivity contribution >= 4 is 15.9 Å². The topological polar surface area (TPSA) is 29.5 Å². The van der Waals surface area contributed by atoms with Crippen molar-refractivity contribution in [1.29, 1.82) is 0 Å². The van der Waals surface area contributed by atoms with Crippen LogP contribution in [-0.2, 0) is 0 Å². The van der Waals surface area contributed by atoms with Crippen molar-refractivity contribution in [3.8, 4) is 5.75 Å². The molecular weight excluding hydrogens is 251 g/mol. The van der Waals surface area contributed by atoms with Crippen molar-refractivity contribution in [2.75, 3.05) is 13.3 Å². The summed E-state index contributed by atoms with van der Waals surface area (Å²) in [4.78, 5) is 0. The predicted octanol–water partition coefficient (Wildman–Crippen LogP) is 2.85. The summed E-state index contributed by atoms with van der Waals surface area (Å²) in [6.45, 7) is 1.13. The van der Waals surface area contributed by atoms with Crippen molar-refractivity contribution in [3.05, 3.63) is 28.2 Å². The highest BCUT2D eigenvalue weighted by atomic mass is 79.9. The number of ether oxygens (including phenoxy) is 1. The van der Waals surface area contributed by atoms with Crippen molar-refractivity contribution in [2.45, 2.75) is 13.0 Å². The molecule has 2 nitrogen and oxygen atoms in total. The average molecular weight is 263 g/mol. The van der Waals surface area contributed by atoms with Gasteiger partial charge in [-0.05, 0) is 25.1 Å². The Bertz CT molecular complexity index is 302. The summed E-state index contributed by atoms with van der Waals surface area (Å²) < 4.78 is 17.9. The fourth-order valence-corrected chi connectivity index (χ4v) is 1.50. The normalized spacial score (nSPS) is 12.6. The summed E-state index contributed by atoms with van der Waals surface area (Å²) in [6.07, 6.45) is -0.623. The molecule has 1 atom stereocenters. The molecule has 0 fully saturated rings. The van der Waals surface area contributed by atoms with Crippen molar-refractivity contribution in [3.63, 3.8) is 0 Å². The van der Waals surface area contributed by atoms with E-state index in [1.165, 1.54) is 0 Å². The second-order valence-electron chi connectivity index (χ2n) is 2.90. The number of benzene rings is 1. The lowest BCUT2D eigenvalue weighted by Crippen LogP contribution is -2.03. The van der Waals surface area contributed by atoms with Gasteiger partial charge in [0, 0.05) is 10.0 Å². The highest BCUT2D eigenvalue weighted by Gasteiger charge is 2.09. The molecular formula is C10H12BrFO2. The SMILES string of the molecule is CC(O)c1cc(Br)ccc1OCCF. The van der Waals surface area contributed by atoms with E-state index in [9.17, 15) is 9.50 Å². The predicted molar refractivity (Wildman–Crippen MR) is 56.2 cm³/mol. The van der Waals surface area contributed by atoms with Gasteiger partial charge in [0.2, 0.25) is 0 Å². The highest BCUT2D eigenvalue weighted by molar-refractivity contribution is 9.10. The summed E-state index contributed by atoms with van der Waals surface area (Å²) in [5, 5.41) is 9.43. The van der Waals surface area contributed by atoms with Crippen molar-refractivity contribution < 1.29 is 14.2 Å². The van der Waals surface area contributed by atoms with Crippen LogP contribution in [0.15, 0.2) is 22.7 Å². The zero-order valence-electron chi connectivity index (χ0n) is 7.84. The van der Waals surface area contributed by atoms with E-state index >= 15 is 0 Å². The van der Waals surface area contributed by atoms with Gasteiger partial charge in [0.15, 0.2) is 0 Å². The Kier molecular flexibility index (Phi) is 4.35. The molecule has 78 valence electrons. The maximum atomic E-state index is 11.9. The first-order valence-corrected chi connectivity index (χ1v) is 5.10. The molecule has 0 aliphatic rings. The zero-order valence-corrected chi connectivity index (χ0v) is 9.42. The van der Waals surface area contributed by atoms with Gasteiger partial charge in [0.05, 0.1) is 6.10 Å². The lowest BCUT2D eigenvalue weighted by molar-refractivity contribution is 0.189. The highest BCUT2D eigenvalue weighted by Crippen LogP contribution is 2.28. The Morgan fingerprint density at radius 2 is 2.29 bits per heavy atom. The fourth-order valence-electron chi connectivity index (χ4n) is 1.13. The number of halogens is 2. The van der Waals surface area contributed by atoms with Gasteiger partial charge in [-0.15, -0.1) is 0 Å². The van der Waals surface area contributed by atoms with Crippen LogP contribution in [0.1, 0.15) is 18.6 Å². The van der Waals surface area contributed by atoms with Crippen LogP contribution in [0, 0.1) is 0 Å². The van der Waals surface area contributed by atoms with Gasteiger partial charge in [-0.1, -0.05) is 15.9 Å². The van der Waals surface area contributed by atoms with Gasteiger partial charge in [-0.25, -0.2) is 4.39 Å². The van der Waals surface area contributed by atoms with E-state index in [1.807, 2.05) is 0 Å². The first-order valence-electron chi connectivity index (χ1n) is 4.31. The van der Waals surface area contributed by atoms with E-state index in [1.54, 1.807) is 25.1 Å². The Hall–Kier alpha value is -0.610. The zero-order chi connectivity index (χ0) is 10.6. The van der Waals surface area contributed by atoms with Crippen LogP contribution >= 0.6 is 15.9 Å². The maximum Gasteiger partial charge on any atom is 0.125 e. The summed E-state index contributed by atoms with van der Waals surface area (Å²) in [5.74, 6) is 0.529. The molecule has 0 radical (unpaired) electrons. The van der Waals surface area contributed by atoms with Crippen LogP contribution in [0.3, 0.4) is 0 Å². The third-order valence-corrected chi connectivity index (χ3v) is 2.25. The first-order chi connectivity index (χ1) is 6.65. The van der Waals surface area contributed by atoms with E-state index < -0.39 is 12.8 Å². The maximum absolute atomic E-state index is 11.9. The second-order valence-corrected chi connectivity index (χ2v) is 3.81. The Morgan fingerprint density at radius 3 is 2.86 bits per heavy atom. The standard InChI is InChI=1S/C10H12BrFO2/c1-7(13)9-6-8(11)2-3-10(9)14-5-4-12/h2-3,6-7,13H,4-5H2,1H3. The molecule has 1 N–H and O–H groups in total. The number of rotatable bonds is 4. The Labute approximate surface area is 90.8 Å². The number of hydrogen-bond acceptors (Lipinski definition) is 2. The summed E-state index contributed by atoms with van der Waals surface area (Å²) >= 11 is 3.29. The van der Waals surface area contributed by atoms with Gasteiger partial charge in [-0.3, -0.25) is 0 Å². The summed E-state index contributed by atoms with van der Waals surface area (Å²) in [7, 11) is 0. The number of aliphatic hydroxyl groups is 1. The first kappa shape index (κ1) is 11.5. The van der Waals surface area contributed by atoms with Crippen LogP contribution < -0.4 is 4.74 Å². The molecule has 14 heavy (non-hydrogen) atoms. The molecule has 0 bridgehead atoms. The van der Waals surface area contributed by atoms with Crippen LogP contribution in [0.25, 0.3) is 0 Å². The minimum Gasteiger partial charge on any atom is -0.490 e. The number of aliphatic hydroxyl groups excluding tert-OH is 1. The van der Waals surface area contributed by atoms with Crippen LogP contribution in [0.5, 0.6) is 5.75 Å². The van der Waals surface area contributed by atoms with E-state index in [-0.39, 0.29) is 6.61 Å². The minimum absolute atomic E-state index is 0.0152. The van der Waals surface area contributed by atoms with Gasteiger partial charge in [0.1, 0.15) is 19.0 Å². The summed E-state index contributed by atoms with van der Waals surface area (Å²) in [6, 6.07) is 5.26. The molecule has 0 spiro atoms. The number of hydrogen-bond donors (Lipinski definition) is 1. The fraction of sp³-hybridized carbons (Fsp3) is 0.400. The Morgan fingerprint density at radius 1 is 1.57 bits per heavy atom. The largest absolute Gasteiger partial charge is 0.490 e. The van der Waals surface area contributed by atoms with E-state index in [0.29, 0.717) is 11.3 Å². The molecule has 4 heteroatoms. The molecule has 0 saturated heterocycles. The van der Waals surface area contributed by atoms with Crippen LogP contribution in [-0.4, -0.2) is 18.4 Å². The van der Waals surface area contributed by atoms with E-state index in [4.69, 9.17) is 4.74 Å². The van der Waals surface area contributed by atoms with Gasteiger partial charge >= 0.3 is 0 Å². The molecule has 0 aliphatic carbocycles. The van der Waals surface area contributed by atoms with E-state index in [0.717, 1.165) is 4.47 Å². The third kappa shape index (κ3) is 2.96. The third-order valence-electron chi connectivity index (χ3n) is 1.76. The molecule has 1 rings (SSSR count). The summed E-state index contributed by atoms with van der Waals surface area (Å²) in [5.41, 5.74) is 0.660. The molecule has 0 heterocycles. The molecule has 0 amide bonds. The molecule has 1 aromatic rings. The average Bonchev–Trinajstić information content (AvgIpc) is 2.15. The minimum atomic E-state index is -0.623. The lowest BCUT2D eigenvalue weighted by Gasteiger charge is -2.12. The van der Waals surface area contributed by atoms with E-state index in [2.05, 4.69) is 15.9 Å². The molecule has 1 unspecified atom stereocenters. The Balaban J connectivity index is 2.90. The van der Waals surface area contributed by atoms with Gasteiger partial charge < -0.3 is 9.84 Å². The smallest absolute Gasteiger partial charge is 0.125 e. The van der Waals surface area contributed by atoms with Crippen LogP contribution in [0.2, 0.25) is 0 Å². The second kappa shape index (κ2) is 5.32. The van der Waals surface area contributed by atoms with Gasteiger partial charge in [0.25, 0.3) is 0 Å². The van der Waals surface area contributed by atoms with Crippen LogP contribution in [0.4, 0.5) is 4.39 Å². The number of alkyl halides is 1. The van der Waals surface area contributed by atoms with Crippen molar-refractivity contribution in [2.24, 2.45) is 0 Å². The van der Waals surface area contributed by atoms with Gasteiger partial charge in [-0.2, -0.15) is 0 Å². The van der Waals surface area contributed by atoms with Crippen molar-refractivity contribution in [1.82, 2.24) is 0 Å². The molecule has 1 aromatic carbocycles. The quantitative estimate of drug-likeness (QED) is 0.905. The monoisotopic (exact) mass is 262 g/mol. The molecule has 0 aliphatic heterocycles. The lowest BCUT2D eigenvalue weighted by atomic mass is 10.1. The molecule has 0 aromatic heterocycles.